The Labute approximate surface area is 133 Å². The molecule has 2 aromatic rings. The van der Waals surface area contributed by atoms with Gasteiger partial charge < -0.3 is 4.90 Å². The summed E-state index contributed by atoms with van der Waals surface area (Å²) in [5.41, 5.74) is 1.93. The van der Waals surface area contributed by atoms with Crippen LogP contribution in [0.4, 0.5) is 0 Å². The molecule has 0 saturated heterocycles. The lowest BCUT2D eigenvalue weighted by molar-refractivity contribution is 0.0669. The minimum Gasteiger partial charge on any atom is -0.335 e. The molecular weight excluding hydrogens is 272 g/mol. The maximum absolute atomic E-state index is 12.8. The van der Waals surface area contributed by atoms with Gasteiger partial charge in [-0.15, -0.1) is 0 Å². The topological polar surface area (TPSA) is 33.2 Å². The standard InChI is InChI=1S/C19H24N2O/c1-3-18(4-2)21(14-12-16-9-6-5-7-10-16)19(22)17-11-8-13-20-15-17/h5-11,13,15,18H,3-4,12,14H2,1-2H3. The predicted octanol–water partition coefficient (Wildman–Crippen LogP) is 3.96. The molecule has 2 rings (SSSR count). The van der Waals surface area contributed by atoms with Gasteiger partial charge >= 0.3 is 0 Å². The van der Waals surface area contributed by atoms with E-state index >= 15 is 0 Å². The molecule has 0 spiro atoms. The minimum absolute atomic E-state index is 0.0812. The molecule has 0 aliphatic rings. The van der Waals surface area contributed by atoms with Crippen LogP contribution < -0.4 is 0 Å². The highest BCUT2D eigenvalue weighted by molar-refractivity contribution is 5.94. The van der Waals surface area contributed by atoms with Crippen LogP contribution in [0, 0.1) is 0 Å². The number of benzene rings is 1. The first kappa shape index (κ1) is 16.2. The molecule has 0 aliphatic heterocycles. The molecule has 1 aromatic heterocycles. The van der Waals surface area contributed by atoms with Crippen molar-refractivity contribution in [1.82, 2.24) is 9.88 Å². The van der Waals surface area contributed by atoms with Gasteiger partial charge in [-0.05, 0) is 37.0 Å². The van der Waals surface area contributed by atoms with Crippen LogP contribution >= 0.6 is 0 Å². The second-order valence-corrected chi connectivity index (χ2v) is 5.45. The number of carbonyl (C=O) groups excluding carboxylic acids is 1. The number of hydrogen-bond donors (Lipinski definition) is 0. The molecular formula is C19H24N2O. The van der Waals surface area contributed by atoms with Crippen LogP contribution in [0.2, 0.25) is 0 Å². The van der Waals surface area contributed by atoms with Crippen molar-refractivity contribution in [3.8, 4) is 0 Å². The summed E-state index contributed by atoms with van der Waals surface area (Å²) in [7, 11) is 0. The second-order valence-electron chi connectivity index (χ2n) is 5.45. The van der Waals surface area contributed by atoms with E-state index in [1.807, 2.05) is 35.2 Å². The Kier molecular flexibility index (Phi) is 6.13. The van der Waals surface area contributed by atoms with Crippen LogP contribution in [-0.4, -0.2) is 28.4 Å². The van der Waals surface area contributed by atoms with E-state index in [2.05, 4.69) is 31.0 Å². The summed E-state index contributed by atoms with van der Waals surface area (Å²) >= 11 is 0. The van der Waals surface area contributed by atoms with Gasteiger partial charge in [0.15, 0.2) is 0 Å². The van der Waals surface area contributed by atoms with E-state index in [4.69, 9.17) is 0 Å². The van der Waals surface area contributed by atoms with E-state index in [-0.39, 0.29) is 11.9 Å². The van der Waals surface area contributed by atoms with Gasteiger partial charge in [0.05, 0.1) is 5.56 Å². The summed E-state index contributed by atoms with van der Waals surface area (Å²) in [4.78, 5) is 18.9. The zero-order valence-electron chi connectivity index (χ0n) is 13.4. The van der Waals surface area contributed by atoms with Gasteiger partial charge in [-0.3, -0.25) is 9.78 Å². The van der Waals surface area contributed by atoms with E-state index in [1.54, 1.807) is 12.4 Å². The molecule has 0 unspecified atom stereocenters. The Hall–Kier alpha value is -2.16. The molecule has 3 heteroatoms. The van der Waals surface area contributed by atoms with Gasteiger partial charge in [0.25, 0.3) is 5.91 Å². The molecule has 22 heavy (non-hydrogen) atoms. The lowest BCUT2D eigenvalue weighted by Crippen LogP contribution is -2.41. The first-order valence-electron chi connectivity index (χ1n) is 8.01. The summed E-state index contributed by atoms with van der Waals surface area (Å²) in [6, 6.07) is 14.3. The molecule has 0 N–H and O–H groups in total. The molecule has 0 fully saturated rings. The smallest absolute Gasteiger partial charge is 0.255 e. The monoisotopic (exact) mass is 296 g/mol. The van der Waals surface area contributed by atoms with Gasteiger partial charge in [0, 0.05) is 25.0 Å². The zero-order chi connectivity index (χ0) is 15.8. The van der Waals surface area contributed by atoms with E-state index in [0.29, 0.717) is 5.56 Å². The van der Waals surface area contributed by atoms with Crippen molar-refractivity contribution < 1.29 is 4.79 Å². The molecule has 0 saturated carbocycles. The number of carbonyl (C=O) groups is 1. The van der Waals surface area contributed by atoms with Crippen LogP contribution in [0.1, 0.15) is 42.6 Å². The number of rotatable bonds is 7. The van der Waals surface area contributed by atoms with E-state index in [9.17, 15) is 4.79 Å². The summed E-state index contributed by atoms with van der Waals surface area (Å²) in [5, 5.41) is 0. The van der Waals surface area contributed by atoms with Crippen LogP contribution in [0.3, 0.4) is 0 Å². The van der Waals surface area contributed by atoms with Crippen molar-refractivity contribution in [2.24, 2.45) is 0 Å². The molecule has 0 atom stereocenters. The fraction of sp³-hybridized carbons (Fsp3) is 0.368. The molecule has 3 nitrogen and oxygen atoms in total. The highest BCUT2D eigenvalue weighted by Gasteiger charge is 2.22. The van der Waals surface area contributed by atoms with E-state index in [0.717, 1.165) is 25.8 Å². The first-order chi connectivity index (χ1) is 10.8. The van der Waals surface area contributed by atoms with Crippen molar-refractivity contribution in [2.45, 2.75) is 39.2 Å². The quantitative estimate of drug-likeness (QED) is 0.775. The molecule has 1 amide bonds. The number of aromatic nitrogens is 1. The van der Waals surface area contributed by atoms with Gasteiger partial charge in [-0.1, -0.05) is 44.2 Å². The third-order valence-electron chi connectivity index (χ3n) is 4.04. The Morgan fingerprint density at radius 2 is 1.82 bits per heavy atom. The second kappa shape index (κ2) is 8.32. The van der Waals surface area contributed by atoms with Gasteiger partial charge in [0.1, 0.15) is 0 Å². The van der Waals surface area contributed by atoms with E-state index < -0.39 is 0 Å². The average Bonchev–Trinajstić information content (AvgIpc) is 2.59. The van der Waals surface area contributed by atoms with Gasteiger partial charge in [0.2, 0.25) is 0 Å². The normalized spacial score (nSPS) is 10.7. The van der Waals surface area contributed by atoms with Crippen LogP contribution in [0.25, 0.3) is 0 Å². The maximum Gasteiger partial charge on any atom is 0.255 e. The van der Waals surface area contributed by atoms with Crippen molar-refractivity contribution in [3.63, 3.8) is 0 Å². The van der Waals surface area contributed by atoms with Crippen LogP contribution in [0.15, 0.2) is 54.9 Å². The summed E-state index contributed by atoms with van der Waals surface area (Å²) in [6.45, 7) is 5.02. The van der Waals surface area contributed by atoms with Crippen molar-refractivity contribution in [1.29, 1.82) is 0 Å². The molecule has 1 aromatic carbocycles. The lowest BCUT2D eigenvalue weighted by atomic mass is 10.1. The molecule has 1 heterocycles. The minimum atomic E-state index is 0.0812. The number of amides is 1. The van der Waals surface area contributed by atoms with Gasteiger partial charge in [-0.2, -0.15) is 0 Å². The number of nitrogens with zero attached hydrogens (tertiary/aromatic N) is 2. The Morgan fingerprint density at radius 3 is 2.41 bits per heavy atom. The molecule has 0 radical (unpaired) electrons. The third-order valence-corrected chi connectivity index (χ3v) is 4.04. The van der Waals surface area contributed by atoms with Crippen molar-refractivity contribution >= 4 is 5.91 Å². The maximum atomic E-state index is 12.8. The van der Waals surface area contributed by atoms with Gasteiger partial charge in [-0.25, -0.2) is 0 Å². The van der Waals surface area contributed by atoms with E-state index in [1.165, 1.54) is 5.56 Å². The predicted molar refractivity (Wildman–Crippen MR) is 89.8 cm³/mol. The average molecular weight is 296 g/mol. The fourth-order valence-electron chi connectivity index (χ4n) is 2.73. The number of hydrogen-bond acceptors (Lipinski definition) is 2. The Bertz CT molecular complexity index is 565. The first-order valence-corrected chi connectivity index (χ1v) is 8.01. The van der Waals surface area contributed by atoms with Crippen molar-refractivity contribution in [3.05, 3.63) is 66.0 Å². The molecule has 0 aliphatic carbocycles. The Morgan fingerprint density at radius 1 is 1.09 bits per heavy atom. The largest absolute Gasteiger partial charge is 0.335 e. The fourth-order valence-corrected chi connectivity index (χ4v) is 2.73. The highest BCUT2D eigenvalue weighted by atomic mass is 16.2. The summed E-state index contributed by atoms with van der Waals surface area (Å²) < 4.78 is 0. The highest BCUT2D eigenvalue weighted by Crippen LogP contribution is 2.14. The zero-order valence-corrected chi connectivity index (χ0v) is 13.4. The van der Waals surface area contributed by atoms with Crippen LogP contribution in [-0.2, 0) is 6.42 Å². The number of pyridine rings is 1. The third kappa shape index (κ3) is 4.17. The lowest BCUT2D eigenvalue weighted by Gasteiger charge is -2.30. The Balaban J connectivity index is 2.14. The van der Waals surface area contributed by atoms with Crippen molar-refractivity contribution in [2.75, 3.05) is 6.54 Å². The summed E-state index contributed by atoms with van der Waals surface area (Å²) in [5.74, 6) is 0.0812. The SMILES string of the molecule is CCC(CC)N(CCc1ccccc1)C(=O)c1cccnc1. The summed E-state index contributed by atoms with van der Waals surface area (Å²) in [6.07, 6.45) is 6.17. The van der Waals surface area contributed by atoms with Crippen LogP contribution in [0.5, 0.6) is 0 Å². The molecule has 116 valence electrons. The molecule has 0 bridgehead atoms.